The monoisotopic (exact) mass is 192 g/mol. The summed E-state index contributed by atoms with van der Waals surface area (Å²) in [5.41, 5.74) is 0. The fraction of sp³-hybridized carbons (Fsp3) is 0. The first-order chi connectivity index (χ1) is 2.00. The average molecular weight is 193 g/mol. The van der Waals surface area contributed by atoms with Crippen LogP contribution in [0, 0.1) is 0 Å². The molecule has 7 heteroatoms. The maximum absolute atomic E-state index is 8.87. The van der Waals surface area contributed by atoms with E-state index in [1.54, 1.807) is 0 Å². The zero-order valence-corrected chi connectivity index (χ0v) is 11.9. The van der Waals surface area contributed by atoms with Crippen molar-refractivity contribution < 1.29 is 117 Å². The summed E-state index contributed by atoms with van der Waals surface area (Å²) in [4.78, 5) is 17.7. The van der Waals surface area contributed by atoms with Crippen LogP contribution < -0.4 is 113 Å². The van der Waals surface area contributed by atoms with Crippen LogP contribution in [-0.2, 0) is 4.57 Å². The van der Waals surface area contributed by atoms with Gasteiger partial charge >= 0.3 is 103 Å². The Balaban J connectivity index is -0.0000000800. The van der Waals surface area contributed by atoms with Gasteiger partial charge in [0.1, 0.15) is 0 Å². The van der Waals surface area contributed by atoms with Crippen LogP contribution in [0.5, 0.6) is 0 Å². The molecule has 0 spiro atoms. The summed E-state index contributed by atoms with van der Waals surface area (Å²) in [6.45, 7) is -4.67. The van der Waals surface area contributed by atoms with Gasteiger partial charge in [-0.05, 0) is 0 Å². The minimum Gasteiger partial charge on any atom is -0.799 e. The molecule has 0 bridgehead atoms. The Kier molecular flexibility index (Phi) is 19.0. The van der Waals surface area contributed by atoms with E-state index >= 15 is 0 Å². The molecule has 0 atom stereocenters. The summed E-state index contributed by atoms with van der Waals surface area (Å²) in [5.74, 6) is 0. The minimum absolute atomic E-state index is 0. The first-order valence-electron chi connectivity index (χ1n) is 0.717. The van der Waals surface area contributed by atoms with Gasteiger partial charge in [0.2, 0.25) is 0 Å². The standard InChI is InChI=1S/ClH2O3P.2K/c1-5(2,3)4;;/h(H2,2,3,4);;/q;2*+1/p-2. The third kappa shape index (κ3) is 41.9. The maximum Gasteiger partial charge on any atom is 1.00 e. The van der Waals surface area contributed by atoms with Crippen LogP contribution in [0.2, 0.25) is 0 Å². The van der Waals surface area contributed by atoms with Crippen LogP contribution in [0.15, 0.2) is 0 Å². The van der Waals surface area contributed by atoms with Crippen molar-refractivity contribution >= 4 is 18.2 Å². The Morgan fingerprint density at radius 3 is 1.29 bits per heavy atom. The van der Waals surface area contributed by atoms with E-state index in [1.165, 1.54) is 0 Å². The van der Waals surface area contributed by atoms with Gasteiger partial charge in [-0.25, -0.2) is 0 Å². The molecule has 0 aliphatic heterocycles. The van der Waals surface area contributed by atoms with Crippen molar-refractivity contribution in [3.05, 3.63) is 0 Å². The number of halogens is 1. The van der Waals surface area contributed by atoms with E-state index in [-0.39, 0.29) is 103 Å². The van der Waals surface area contributed by atoms with E-state index in [1.807, 2.05) is 0 Å². The van der Waals surface area contributed by atoms with Crippen LogP contribution in [0.25, 0.3) is 0 Å². The summed E-state index contributed by atoms with van der Waals surface area (Å²) >= 11 is 3.97. The van der Waals surface area contributed by atoms with Crippen LogP contribution >= 0.6 is 18.2 Å². The summed E-state index contributed by atoms with van der Waals surface area (Å²) in [7, 11) is 0. The van der Waals surface area contributed by atoms with E-state index in [0.29, 0.717) is 0 Å². The van der Waals surface area contributed by atoms with Crippen molar-refractivity contribution in [2.45, 2.75) is 0 Å². The molecular weight excluding hydrogens is 193 g/mol. The number of rotatable bonds is 0. The van der Waals surface area contributed by atoms with Gasteiger partial charge in [0.15, 0.2) is 0 Å². The largest absolute Gasteiger partial charge is 1.00 e. The second kappa shape index (κ2) is 7.82. The van der Waals surface area contributed by atoms with Gasteiger partial charge in [-0.3, -0.25) is 0 Å². The van der Waals surface area contributed by atoms with E-state index in [0.717, 1.165) is 0 Å². The van der Waals surface area contributed by atoms with Gasteiger partial charge < -0.3 is 14.4 Å². The van der Waals surface area contributed by atoms with Crippen molar-refractivity contribution in [2.24, 2.45) is 0 Å². The second-order valence-electron chi connectivity index (χ2n) is 0.431. The van der Waals surface area contributed by atoms with E-state index in [9.17, 15) is 0 Å². The Morgan fingerprint density at radius 1 is 1.29 bits per heavy atom. The topological polar surface area (TPSA) is 63.2 Å². The van der Waals surface area contributed by atoms with Crippen molar-refractivity contribution in [1.29, 1.82) is 0 Å². The molecule has 0 radical (unpaired) electrons. The molecule has 7 heavy (non-hydrogen) atoms. The normalized spacial score (nSPS) is 8.43. The van der Waals surface area contributed by atoms with E-state index in [4.69, 9.17) is 14.4 Å². The van der Waals surface area contributed by atoms with Gasteiger partial charge in [-0.2, -0.15) is 0 Å². The first-order valence-corrected chi connectivity index (χ1v) is 3.16. The average Bonchev–Trinajstić information content (AvgIpc) is 0.722. The summed E-state index contributed by atoms with van der Waals surface area (Å²) in [6, 6.07) is 0. The molecule has 0 aromatic carbocycles. The Labute approximate surface area is 131 Å². The van der Waals surface area contributed by atoms with Crippen LogP contribution in [0.3, 0.4) is 0 Å². The van der Waals surface area contributed by atoms with Crippen molar-refractivity contribution in [2.75, 3.05) is 0 Å². The molecule has 0 aliphatic rings. The molecule has 0 unspecified atom stereocenters. The summed E-state index contributed by atoms with van der Waals surface area (Å²) < 4.78 is 8.87. The van der Waals surface area contributed by atoms with Crippen molar-refractivity contribution in [3.8, 4) is 0 Å². The molecule has 0 aromatic heterocycles. The van der Waals surface area contributed by atoms with Gasteiger partial charge in [0, 0.05) is 6.95 Å². The van der Waals surface area contributed by atoms with Gasteiger partial charge in [-0.1, -0.05) is 11.2 Å². The van der Waals surface area contributed by atoms with Gasteiger partial charge in [0.25, 0.3) is 0 Å². The molecule has 0 aromatic rings. The van der Waals surface area contributed by atoms with E-state index in [2.05, 4.69) is 11.2 Å². The molecule has 0 saturated heterocycles. The maximum atomic E-state index is 8.87. The molecule has 0 N–H and O–H groups in total. The van der Waals surface area contributed by atoms with Gasteiger partial charge in [-0.15, -0.1) is 0 Å². The Bertz CT molecular complexity index is 59.1. The molecule has 0 heterocycles. The summed E-state index contributed by atoms with van der Waals surface area (Å²) in [6.07, 6.45) is 0. The predicted molar refractivity (Wildman–Crippen MR) is 13.5 cm³/mol. The Morgan fingerprint density at radius 2 is 1.29 bits per heavy atom. The molecule has 0 fully saturated rings. The van der Waals surface area contributed by atoms with Gasteiger partial charge in [0.05, 0.1) is 0 Å². The molecule has 32 valence electrons. The molecule has 0 saturated carbocycles. The molecular formula is ClK2O3P. The van der Waals surface area contributed by atoms with E-state index < -0.39 is 6.95 Å². The fourth-order valence-electron chi connectivity index (χ4n) is 0. The minimum atomic E-state index is -4.67. The Hall–Kier alpha value is 3.71. The fourth-order valence-corrected chi connectivity index (χ4v) is 0. The zero-order chi connectivity index (χ0) is 4.50. The van der Waals surface area contributed by atoms with Crippen molar-refractivity contribution in [3.63, 3.8) is 0 Å². The molecule has 0 amide bonds. The van der Waals surface area contributed by atoms with Crippen LogP contribution in [0.4, 0.5) is 0 Å². The zero-order valence-electron chi connectivity index (χ0n) is 4.05. The third-order valence-electron chi connectivity index (χ3n) is 0. The molecule has 0 rings (SSSR count). The SMILES string of the molecule is O=P([O-])([O-])Cl.[K+].[K+]. The third-order valence-corrected chi connectivity index (χ3v) is 0. The van der Waals surface area contributed by atoms with Crippen molar-refractivity contribution in [1.82, 2.24) is 0 Å². The predicted octanol–water partition coefficient (Wildman–Crippen LogP) is -6.94. The molecule has 0 aliphatic carbocycles. The number of hydrogen-bond donors (Lipinski definition) is 0. The summed E-state index contributed by atoms with van der Waals surface area (Å²) in [5, 5.41) is 0. The quantitative estimate of drug-likeness (QED) is 0.283. The molecule has 3 nitrogen and oxygen atoms in total. The second-order valence-corrected chi connectivity index (χ2v) is 2.53. The smallest absolute Gasteiger partial charge is 0.799 e. The van der Waals surface area contributed by atoms with Crippen LogP contribution in [-0.4, -0.2) is 0 Å². The first kappa shape index (κ1) is 17.0. The number of hydrogen-bond acceptors (Lipinski definition) is 3. The van der Waals surface area contributed by atoms with Crippen LogP contribution in [0.1, 0.15) is 0 Å².